The van der Waals surface area contributed by atoms with Gasteiger partial charge in [0.1, 0.15) is 0 Å². The number of rotatable bonds is 6. The van der Waals surface area contributed by atoms with Crippen LogP contribution in [0.3, 0.4) is 0 Å². The summed E-state index contributed by atoms with van der Waals surface area (Å²) in [6.45, 7) is 0.547. The van der Waals surface area contributed by atoms with Crippen molar-refractivity contribution in [3.8, 4) is 12.3 Å². The van der Waals surface area contributed by atoms with Gasteiger partial charge < -0.3 is 15.0 Å². The van der Waals surface area contributed by atoms with E-state index in [2.05, 4.69) is 16.7 Å². The minimum absolute atomic E-state index is 0.301. The quantitative estimate of drug-likeness (QED) is 0.428. The number of hydrogen-bond acceptors (Lipinski definition) is 5. The van der Waals surface area contributed by atoms with E-state index < -0.39 is 30.1 Å². The molecule has 1 aromatic rings. The zero-order valence-electron chi connectivity index (χ0n) is 15.4. The molecule has 1 heterocycles. The Hall–Kier alpha value is -2.89. The van der Waals surface area contributed by atoms with Crippen LogP contribution in [-0.2, 0) is 19.2 Å². The van der Waals surface area contributed by atoms with Gasteiger partial charge in [-0.1, -0.05) is 5.92 Å². The summed E-state index contributed by atoms with van der Waals surface area (Å²) in [5.74, 6) is 0.547. The summed E-state index contributed by atoms with van der Waals surface area (Å²) in [6.07, 6.45) is 7.23. The van der Waals surface area contributed by atoms with Crippen molar-refractivity contribution in [1.29, 1.82) is 0 Å². The molecule has 1 saturated heterocycles. The molecule has 27 heavy (non-hydrogen) atoms. The molecule has 1 fully saturated rings. The van der Waals surface area contributed by atoms with Gasteiger partial charge in [0.2, 0.25) is 0 Å². The fraction of sp³-hybridized carbons (Fsp3) is 0.421. The number of benzene rings is 1. The first-order chi connectivity index (χ1) is 13.0. The van der Waals surface area contributed by atoms with Crippen molar-refractivity contribution < 1.29 is 24.0 Å². The SMILES string of the molecule is C#Cc1ccc(C(=O)N(C)[C@@H](C(=O)NC)C(=O)NOC2CCCCO2)cc1. The highest BCUT2D eigenvalue weighted by Crippen LogP contribution is 2.13. The lowest BCUT2D eigenvalue weighted by molar-refractivity contribution is -0.202. The second-order valence-electron chi connectivity index (χ2n) is 6.03. The number of carbonyl (C=O) groups excluding carboxylic acids is 3. The van der Waals surface area contributed by atoms with Crippen LogP contribution in [0.15, 0.2) is 24.3 Å². The molecule has 1 aliphatic rings. The summed E-state index contributed by atoms with van der Waals surface area (Å²) in [4.78, 5) is 43.6. The van der Waals surface area contributed by atoms with Gasteiger partial charge in [-0.05, 0) is 37.1 Å². The summed E-state index contributed by atoms with van der Waals surface area (Å²) in [7, 11) is 2.75. The number of nitrogens with zero attached hydrogens (tertiary/aromatic N) is 1. The van der Waals surface area contributed by atoms with Crippen LogP contribution in [0.5, 0.6) is 0 Å². The van der Waals surface area contributed by atoms with Gasteiger partial charge in [0, 0.05) is 38.2 Å². The average Bonchev–Trinajstić information content (AvgIpc) is 2.72. The van der Waals surface area contributed by atoms with E-state index in [9.17, 15) is 14.4 Å². The van der Waals surface area contributed by atoms with Crippen LogP contribution in [0.2, 0.25) is 0 Å². The van der Waals surface area contributed by atoms with E-state index >= 15 is 0 Å². The maximum Gasteiger partial charge on any atom is 0.276 e. The van der Waals surface area contributed by atoms with Gasteiger partial charge >= 0.3 is 0 Å². The summed E-state index contributed by atoms with van der Waals surface area (Å²) in [5.41, 5.74) is 3.15. The van der Waals surface area contributed by atoms with Crippen LogP contribution in [0, 0.1) is 12.3 Å². The lowest BCUT2D eigenvalue weighted by Gasteiger charge is -2.27. The molecule has 1 aliphatic heterocycles. The second-order valence-corrected chi connectivity index (χ2v) is 6.03. The van der Waals surface area contributed by atoms with Gasteiger partial charge in [-0.2, -0.15) is 0 Å². The molecule has 2 N–H and O–H groups in total. The zero-order chi connectivity index (χ0) is 19.8. The number of hydrogen-bond donors (Lipinski definition) is 2. The topological polar surface area (TPSA) is 97.0 Å². The molecule has 2 rings (SSSR count). The van der Waals surface area contributed by atoms with Crippen molar-refractivity contribution in [2.75, 3.05) is 20.7 Å². The fourth-order valence-corrected chi connectivity index (χ4v) is 2.62. The molecule has 0 spiro atoms. The number of ether oxygens (including phenoxy) is 1. The maximum absolute atomic E-state index is 12.7. The molecule has 0 aromatic heterocycles. The van der Waals surface area contributed by atoms with Crippen molar-refractivity contribution in [3.63, 3.8) is 0 Å². The number of amides is 3. The normalized spacial score (nSPS) is 17.3. The van der Waals surface area contributed by atoms with E-state index in [0.29, 0.717) is 24.2 Å². The van der Waals surface area contributed by atoms with E-state index in [1.807, 2.05) is 0 Å². The Labute approximate surface area is 158 Å². The van der Waals surface area contributed by atoms with E-state index in [1.54, 1.807) is 24.3 Å². The standard InChI is InChI=1S/C19H23N3O5/c1-4-13-8-10-14(11-9-13)19(25)22(3)16(17(23)20-2)18(24)21-27-15-7-5-6-12-26-15/h1,8-11,15-16H,5-7,12H2,2-3H3,(H,20,23)(H,21,24)/t15?,16-/m0/s1. The third kappa shape index (κ3) is 5.29. The Bertz CT molecular complexity index is 720. The predicted octanol–water partition coefficient (Wildman–Crippen LogP) is 0.429. The lowest BCUT2D eigenvalue weighted by atomic mass is 10.1. The van der Waals surface area contributed by atoms with Crippen LogP contribution in [-0.4, -0.2) is 55.7 Å². The fourth-order valence-electron chi connectivity index (χ4n) is 2.62. The number of likely N-dealkylation sites (N-methyl/N-ethyl adjacent to an activating group) is 2. The van der Waals surface area contributed by atoms with Crippen molar-refractivity contribution in [2.24, 2.45) is 0 Å². The monoisotopic (exact) mass is 373 g/mol. The number of terminal acetylenes is 1. The number of carbonyl (C=O) groups is 3. The van der Waals surface area contributed by atoms with Gasteiger partial charge in [0.15, 0.2) is 12.3 Å². The molecule has 0 aliphatic carbocycles. The van der Waals surface area contributed by atoms with Crippen molar-refractivity contribution >= 4 is 17.7 Å². The number of nitrogens with one attached hydrogen (secondary N) is 2. The molecule has 3 amide bonds. The summed E-state index contributed by atoms with van der Waals surface area (Å²) < 4.78 is 5.36. The highest BCUT2D eigenvalue weighted by molar-refractivity contribution is 6.08. The first-order valence-corrected chi connectivity index (χ1v) is 8.60. The van der Waals surface area contributed by atoms with Gasteiger partial charge in [-0.25, -0.2) is 10.3 Å². The van der Waals surface area contributed by atoms with E-state index in [1.165, 1.54) is 14.1 Å². The Morgan fingerprint density at radius 3 is 2.52 bits per heavy atom. The molecule has 0 bridgehead atoms. The summed E-state index contributed by atoms with van der Waals surface area (Å²) in [6, 6.07) is 4.90. The third-order valence-corrected chi connectivity index (χ3v) is 4.18. The zero-order valence-corrected chi connectivity index (χ0v) is 15.4. The highest BCUT2D eigenvalue weighted by Gasteiger charge is 2.34. The Kier molecular flexibility index (Phi) is 7.34. The molecular weight excluding hydrogens is 350 g/mol. The van der Waals surface area contributed by atoms with Crippen molar-refractivity contribution in [1.82, 2.24) is 15.7 Å². The minimum Gasteiger partial charge on any atom is -0.357 e. The maximum atomic E-state index is 12.7. The molecule has 1 unspecified atom stereocenters. The predicted molar refractivity (Wildman–Crippen MR) is 97.1 cm³/mol. The van der Waals surface area contributed by atoms with Crippen molar-refractivity contribution in [2.45, 2.75) is 31.6 Å². The molecule has 8 nitrogen and oxygen atoms in total. The first kappa shape index (κ1) is 20.4. The van der Waals surface area contributed by atoms with E-state index in [4.69, 9.17) is 16.0 Å². The average molecular weight is 373 g/mol. The molecular formula is C19H23N3O5. The summed E-state index contributed by atoms with van der Waals surface area (Å²) >= 11 is 0. The Morgan fingerprint density at radius 1 is 1.26 bits per heavy atom. The van der Waals surface area contributed by atoms with Crippen LogP contribution in [0.25, 0.3) is 0 Å². The minimum atomic E-state index is -1.40. The highest BCUT2D eigenvalue weighted by atomic mass is 16.8. The summed E-state index contributed by atoms with van der Waals surface area (Å²) in [5, 5.41) is 2.38. The molecule has 2 atom stereocenters. The van der Waals surface area contributed by atoms with Crippen molar-refractivity contribution in [3.05, 3.63) is 35.4 Å². The number of hydroxylamine groups is 1. The largest absolute Gasteiger partial charge is 0.357 e. The second kappa shape index (κ2) is 9.71. The van der Waals surface area contributed by atoms with E-state index in [-0.39, 0.29) is 0 Å². The molecule has 144 valence electrons. The van der Waals surface area contributed by atoms with Gasteiger partial charge in [-0.3, -0.25) is 14.4 Å². The van der Waals surface area contributed by atoms with Crippen LogP contribution in [0.4, 0.5) is 0 Å². The molecule has 1 aromatic carbocycles. The van der Waals surface area contributed by atoms with Crippen LogP contribution < -0.4 is 10.8 Å². The first-order valence-electron chi connectivity index (χ1n) is 8.60. The smallest absolute Gasteiger partial charge is 0.276 e. The van der Waals surface area contributed by atoms with Crippen LogP contribution in [0.1, 0.15) is 35.2 Å². The molecule has 8 heteroatoms. The van der Waals surface area contributed by atoms with Crippen LogP contribution >= 0.6 is 0 Å². The van der Waals surface area contributed by atoms with E-state index in [0.717, 1.165) is 17.7 Å². The molecule has 0 radical (unpaired) electrons. The molecule has 0 saturated carbocycles. The third-order valence-electron chi connectivity index (χ3n) is 4.18. The van der Waals surface area contributed by atoms with Gasteiger partial charge in [-0.15, -0.1) is 6.42 Å². The van der Waals surface area contributed by atoms with Gasteiger partial charge in [0.05, 0.1) is 0 Å². The Balaban J connectivity index is 2.08. The lowest BCUT2D eigenvalue weighted by Crippen LogP contribution is -2.55. The Morgan fingerprint density at radius 2 is 1.96 bits per heavy atom. The van der Waals surface area contributed by atoms with Gasteiger partial charge in [0.25, 0.3) is 17.7 Å².